The molecule has 0 amide bonds. The lowest BCUT2D eigenvalue weighted by molar-refractivity contribution is 0.108. The number of fused-ring (bicyclic) bond motifs is 1. The average Bonchev–Trinajstić information content (AvgIpc) is 2.45. The summed E-state index contributed by atoms with van der Waals surface area (Å²) in [6.45, 7) is 2.40. The maximum atomic E-state index is 9.83. The van der Waals surface area contributed by atoms with Crippen LogP contribution in [0.15, 0.2) is 42.5 Å². The topological polar surface area (TPSA) is 62.5 Å². The van der Waals surface area contributed by atoms with E-state index < -0.39 is 6.10 Å². The number of ether oxygens (including phenoxy) is 2. The van der Waals surface area contributed by atoms with E-state index in [1.807, 2.05) is 49.4 Å². The number of nitrogens with one attached hydrogen (secondary N) is 1. The van der Waals surface area contributed by atoms with Crippen LogP contribution < -0.4 is 4.74 Å². The molecule has 0 heterocycles. The van der Waals surface area contributed by atoms with Crippen LogP contribution in [-0.2, 0) is 4.74 Å². The zero-order chi connectivity index (χ0) is 14.4. The van der Waals surface area contributed by atoms with Gasteiger partial charge in [0.15, 0.2) is 5.90 Å². The molecule has 2 N–H and O–H groups in total. The van der Waals surface area contributed by atoms with E-state index in [2.05, 4.69) is 0 Å². The molecule has 0 aliphatic carbocycles. The Labute approximate surface area is 130 Å². The Morgan fingerprint density at radius 1 is 1.19 bits per heavy atom. The minimum absolute atomic E-state index is 0. The fourth-order valence-electron chi connectivity index (χ4n) is 2.01. The summed E-state index contributed by atoms with van der Waals surface area (Å²) in [4.78, 5) is 0. The molecule has 2 aromatic rings. The molecule has 21 heavy (non-hydrogen) atoms. The number of hydrogen-bond acceptors (Lipinski definition) is 4. The Balaban J connectivity index is 0.00000220. The van der Waals surface area contributed by atoms with Gasteiger partial charge in [0.1, 0.15) is 12.4 Å². The molecule has 2 aromatic carbocycles. The third-order valence-corrected chi connectivity index (χ3v) is 2.92. The molecular formula is C16H20ClNO3. The van der Waals surface area contributed by atoms with Crippen LogP contribution in [0.2, 0.25) is 0 Å². The average molecular weight is 310 g/mol. The van der Waals surface area contributed by atoms with Crippen molar-refractivity contribution in [2.75, 3.05) is 13.2 Å². The molecule has 0 fully saturated rings. The van der Waals surface area contributed by atoms with Crippen LogP contribution >= 0.6 is 12.4 Å². The summed E-state index contributed by atoms with van der Waals surface area (Å²) in [6.07, 6.45) is -0.577. The fraction of sp³-hybridized carbons (Fsp3) is 0.312. The first-order valence-electron chi connectivity index (χ1n) is 6.69. The molecule has 0 saturated carbocycles. The fourth-order valence-corrected chi connectivity index (χ4v) is 2.01. The first-order valence-corrected chi connectivity index (χ1v) is 6.69. The molecule has 5 heteroatoms. The van der Waals surface area contributed by atoms with E-state index >= 15 is 0 Å². The molecule has 0 radical (unpaired) electrons. The second-order valence-corrected chi connectivity index (χ2v) is 4.50. The number of aliphatic hydroxyl groups is 1. The van der Waals surface area contributed by atoms with Crippen molar-refractivity contribution in [1.29, 1.82) is 5.41 Å². The number of benzene rings is 2. The van der Waals surface area contributed by atoms with Gasteiger partial charge in [-0.15, -0.1) is 12.4 Å². The van der Waals surface area contributed by atoms with Crippen LogP contribution in [0.1, 0.15) is 13.3 Å². The van der Waals surface area contributed by atoms with Gasteiger partial charge in [-0.25, -0.2) is 0 Å². The lowest BCUT2D eigenvalue weighted by Gasteiger charge is -2.14. The molecular weight excluding hydrogens is 290 g/mol. The summed E-state index contributed by atoms with van der Waals surface area (Å²) in [7, 11) is 0. The minimum atomic E-state index is -0.743. The summed E-state index contributed by atoms with van der Waals surface area (Å²) < 4.78 is 10.7. The van der Waals surface area contributed by atoms with E-state index in [1.165, 1.54) is 0 Å². The molecule has 1 atom stereocenters. The molecule has 2 rings (SSSR count). The lowest BCUT2D eigenvalue weighted by atomic mass is 10.1. The van der Waals surface area contributed by atoms with Crippen LogP contribution in [0.4, 0.5) is 0 Å². The minimum Gasteiger partial charge on any atom is -0.490 e. The van der Waals surface area contributed by atoms with E-state index in [0.29, 0.717) is 6.61 Å². The second-order valence-electron chi connectivity index (χ2n) is 4.50. The summed E-state index contributed by atoms with van der Waals surface area (Å²) >= 11 is 0. The maximum absolute atomic E-state index is 9.83. The number of halogens is 1. The van der Waals surface area contributed by atoms with Crippen molar-refractivity contribution in [1.82, 2.24) is 0 Å². The lowest BCUT2D eigenvalue weighted by Crippen LogP contribution is -2.22. The van der Waals surface area contributed by atoms with E-state index in [0.717, 1.165) is 16.5 Å². The van der Waals surface area contributed by atoms with Crippen molar-refractivity contribution in [3.63, 3.8) is 0 Å². The Morgan fingerprint density at radius 3 is 2.67 bits per heavy atom. The molecule has 0 bridgehead atoms. The van der Waals surface area contributed by atoms with Crippen LogP contribution in [0.5, 0.6) is 5.75 Å². The predicted molar refractivity (Wildman–Crippen MR) is 86.7 cm³/mol. The van der Waals surface area contributed by atoms with Crippen molar-refractivity contribution in [3.8, 4) is 5.75 Å². The van der Waals surface area contributed by atoms with Crippen LogP contribution in [0.25, 0.3) is 10.8 Å². The van der Waals surface area contributed by atoms with Crippen molar-refractivity contribution in [3.05, 3.63) is 42.5 Å². The number of rotatable bonds is 6. The number of aliphatic hydroxyl groups excluding tert-OH is 1. The highest BCUT2D eigenvalue weighted by molar-refractivity contribution is 5.88. The molecule has 0 saturated heterocycles. The van der Waals surface area contributed by atoms with E-state index in [9.17, 15) is 5.11 Å². The van der Waals surface area contributed by atoms with E-state index in [4.69, 9.17) is 14.9 Å². The Hall–Kier alpha value is -1.78. The third-order valence-electron chi connectivity index (χ3n) is 2.92. The van der Waals surface area contributed by atoms with E-state index in [1.54, 1.807) is 0 Å². The van der Waals surface area contributed by atoms with Gasteiger partial charge < -0.3 is 14.6 Å². The highest BCUT2D eigenvalue weighted by atomic mass is 35.5. The molecule has 1 unspecified atom stereocenters. The van der Waals surface area contributed by atoms with E-state index in [-0.39, 0.29) is 31.3 Å². The molecule has 0 spiro atoms. The Kier molecular flexibility index (Phi) is 6.99. The van der Waals surface area contributed by atoms with Crippen LogP contribution in [0.3, 0.4) is 0 Å². The monoisotopic (exact) mass is 309 g/mol. The van der Waals surface area contributed by atoms with Crippen LogP contribution in [-0.4, -0.2) is 30.3 Å². The zero-order valence-corrected chi connectivity index (χ0v) is 12.7. The molecule has 0 aliphatic rings. The van der Waals surface area contributed by atoms with Gasteiger partial charge in [-0.2, -0.15) is 0 Å². The van der Waals surface area contributed by atoms with Gasteiger partial charge in [0, 0.05) is 5.39 Å². The van der Waals surface area contributed by atoms with Gasteiger partial charge in [0.2, 0.25) is 0 Å². The Morgan fingerprint density at radius 2 is 1.90 bits per heavy atom. The van der Waals surface area contributed by atoms with Gasteiger partial charge in [0.05, 0.1) is 19.1 Å². The molecule has 4 nitrogen and oxygen atoms in total. The second kappa shape index (κ2) is 8.49. The summed E-state index contributed by atoms with van der Waals surface area (Å²) in [6, 6.07) is 13.8. The molecule has 0 aromatic heterocycles. The third kappa shape index (κ3) is 4.92. The van der Waals surface area contributed by atoms with Crippen molar-refractivity contribution in [2.45, 2.75) is 19.4 Å². The van der Waals surface area contributed by atoms with Gasteiger partial charge in [-0.3, -0.25) is 5.41 Å². The van der Waals surface area contributed by atoms with Gasteiger partial charge in [-0.1, -0.05) is 36.4 Å². The normalized spacial score (nSPS) is 11.5. The molecule has 0 aliphatic heterocycles. The van der Waals surface area contributed by atoms with Gasteiger partial charge in [-0.05, 0) is 18.4 Å². The summed E-state index contributed by atoms with van der Waals surface area (Å²) in [5.41, 5.74) is 0. The number of hydrogen-bond donors (Lipinski definition) is 2. The highest BCUT2D eigenvalue weighted by Crippen LogP contribution is 2.25. The maximum Gasteiger partial charge on any atom is 0.183 e. The summed E-state index contributed by atoms with van der Waals surface area (Å²) in [5, 5.41) is 19.4. The van der Waals surface area contributed by atoms with Gasteiger partial charge >= 0.3 is 0 Å². The van der Waals surface area contributed by atoms with Crippen LogP contribution in [0, 0.1) is 5.41 Å². The Bertz CT molecular complexity index is 583. The van der Waals surface area contributed by atoms with Crippen molar-refractivity contribution < 1.29 is 14.6 Å². The quantitative estimate of drug-likeness (QED) is 0.635. The predicted octanol–water partition coefficient (Wildman–Crippen LogP) is 3.41. The first-order chi connectivity index (χ1) is 9.70. The molecule has 114 valence electrons. The standard InChI is InChI=1S/C16H19NO3.ClH/c1-2-19-16(17)10-13(18)11-20-15-9-5-7-12-6-3-4-8-14(12)15;/h3-9,13,17-18H,2,10-11H2,1H3;1H. The van der Waals surface area contributed by atoms with Crippen molar-refractivity contribution in [2.24, 2.45) is 0 Å². The smallest absolute Gasteiger partial charge is 0.183 e. The largest absolute Gasteiger partial charge is 0.490 e. The van der Waals surface area contributed by atoms with Crippen molar-refractivity contribution >= 4 is 29.1 Å². The summed E-state index contributed by atoms with van der Waals surface area (Å²) in [5.74, 6) is 0.826. The SMILES string of the molecule is CCOC(=N)CC(O)COc1cccc2ccccc12.Cl. The first kappa shape index (κ1) is 17.3. The highest BCUT2D eigenvalue weighted by Gasteiger charge is 2.10. The zero-order valence-electron chi connectivity index (χ0n) is 11.9. The van der Waals surface area contributed by atoms with Gasteiger partial charge in [0.25, 0.3) is 0 Å².